The lowest BCUT2D eigenvalue weighted by Gasteiger charge is -2.10. The highest BCUT2D eigenvalue weighted by molar-refractivity contribution is 5.96. The molecule has 0 aromatic heterocycles. The van der Waals surface area contributed by atoms with Crippen LogP contribution in [0.4, 0.5) is 11.4 Å². The first-order chi connectivity index (χ1) is 6.74. The van der Waals surface area contributed by atoms with Gasteiger partial charge in [-0.1, -0.05) is 31.2 Å². The van der Waals surface area contributed by atoms with E-state index in [4.69, 9.17) is 11.5 Å². The standard InChI is InChI=1S/C12H13N2/c1-2-9-10-6-4-3-5-8(10)7-11(13)12(9)14/h2-7H,13-14H2,1H3. The van der Waals surface area contributed by atoms with Gasteiger partial charge in [-0.25, -0.2) is 0 Å². The van der Waals surface area contributed by atoms with Gasteiger partial charge in [-0.15, -0.1) is 0 Å². The summed E-state index contributed by atoms with van der Waals surface area (Å²) >= 11 is 0. The molecule has 0 fully saturated rings. The zero-order valence-electron chi connectivity index (χ0n) is 8.12. The highest BCUT2D eigenvalue weighted by Gasteiger charge is 2.06. The Balaban J connectivity index is 2.89. The van der Waals surface area contributed by atoms with E-state index >= 15 is 0 Å². The van der Waals surface area contributed by atoms with Crippen molar-refractivity contribution in [2.24, 2.45) is 0 Å². The van der Waals surface area contributed by atoms with Crippen molar-refractivity contribution in [3.05, 3.63) is 42.3 Å². The van der Waals surface area contributed by atoms with Gasteiger partial charge in [0.2, 0.25) is 0 Å². The predicted octanol–water partition coefficient (Wildman–Crippen LogP) is 2.58. The molecule has 0 aliphatic heterocycles. The van der Waals surface area contributed by atoms with E-state index in [-0.39, 0.29) is 0 Å². The van der Waals surface area contributed by atoms with E-state index in [2.05, 4.69) is 6.07 Å². The first-order valence-corrected chi connectivity index (χ1v) is 4.60. The minimum absolute atomic E-state index is 0.650. The Hall–Kier alpha value is -1.70. The molecule has 0 aliphatic rings. The van der Waals surface area contributed by atoms with E-state index < -0.39 is 0 Å². The monoisotopic (exact) mass is 185 g/mol. The van der Waals surface area contributed by atoms with Crippen molar-refractivity contribution in [2.45, 2.75) is 6.92 Å². The number of hydrogen-bond acceptors (Lipinski definition) is 2. The molecular weight excluding hydrogens is 172 g/mol. The summed E-state index contributed by atoms with van der Waals surface area (Å²) in [5.41, 5.74) is 14.1. The predicted molar refractivity (Wildman–Crippen MR) is 61.8 cm³/mol. The molecule has 0 saturated carbocycles. The van der Waals surface area contributed by atoms with Gasteiger partial charge in [-0.3, -0.25) is 0 Å². The van der Waals surface area contributed by atoms with E-state index in [0.717, 1.165) is 16.3 Å². The summed E-state index contributed by atoms with van der Waals surface area (Å²) in [6.07, 6.45) is 1.99. The lowest BCUT2D eigenvalue weighted by Crippen LogP contribution is -1.99. The number of hydrogen-bond donors (Lipinski definition) is 2. The average Bonchev–Trinajstić information content (AvgIpc) is 2.20. The fourth-order valence-corrected chi connectivity index (χ4v) is 1.73. The average molecular weight is 185 g/mol. The van der Waals surface area contributed by atoms with Gasteiger partial charge in [0.1, 0.15) is 0 Å². The molecule has 0 atom stereocenters. The first-order valence-electron chi connectivity index (χ1n) is 4.60. The van der Waals surface area contributed by atoms with Gasteiger partial charge in [-0.05, 0) is 28.8 Å². The van der Waals surface area contributed by atoms with E-state index in [1.165, 1.54) is 0 Å². The van der Waals surface area contributed by atoms with Crippen LogP contribution in [0.3, 0.4) is 0 Å². The Bertz CT molecular complexity index is 475. The van der Waals surface area contributed by atoms with Crippen LogP contribution in [-0.4, -0.2) is 0 Å². The second kappa shape index (κ2) is 3.22. The number of anilines is 2. The maximum atomic E-state index is 5.90. The second-order valence-corrected chi connectivity index (χ2v) is 3.30. The molecule has 0 bridgehead atoms. The molecule has 2 rings (SSSR count). The zero-order valence-corrected chi connectivity index (χ0v) is 8.12. The number of fused-ring (bicyclic) bond motifs is 1. The molecule has 1 radical (unpaired) electrons. The molecule has 2 heteroatoms. The van der Waals surface area contributed by atoms with Crippen LogP contribution in [-0.2, 0) is 0 Å². The molecule has 0 amide bonds. The van der Waals surface area contributed by atoms with Gasteiger partial charge in [0.15, 0.2) is 0 Å². The summed E-state index contributed by atoms with van der Waals surface area (Å²) < 4.78 is 0. The molecule has 0 unspecified atom stereocenters. The molecule has 71 valence electrons. The molecule has 2 nitrogen and oxygen atoms in total. The fraction of sp³-hybridized carbons (Fsp3) is 0.0833. The van der Waals surface area contributed by atoms with Crippen LogP contribution in [0.5, 0.6) is 0 Å². The molecule has 0 aliphatic carbocycles. The number of rotatable bonds is 1. The third-order valence-electron chi connectivity index (χ3n) is 2.45. The first kappa shape index (κ1) is 8.88. The third-order valence-corrected chi connectivity index (χ3v) is 2.45. The number of nitrogen functional groups attached to an aromatic ring is 2. The maximum absolute atomic E-state index is 5.90. The SMILES string of the molecule is C[CH]c1c(N)c(N)cc2ccccc12. The van der Waals surface area contributed by atoms with Crippen molar-refractivity contribution in [2.75, 3.05) is 11.5 Å². The van der Waals surface area contributed by atoms with Gasteiger partial charge in [0, 0.05) is 0 Å². The summed E-state index contributed by atoms with van der Waals surface area (Å²) in [5, 5.41) is 2.29. The molecule has 0 saturated heterocycles. The lowest BCUT2D eigenvalue weighted by atomic mass is 10.00. The topological polar surface area (TPSA) is 52.0 Å². The zero-order chi connectivity index (χ0) is 10.1. The third kappa shape index (κ3) is 1.20. The molecule has 2 aromatic carbocycles. The Morgan fingerprint density at radius 2 is 1.86 bits per heavy atom. The highest BCUT2D eigenvalue weighted by Crippen LogP contribution is 2.30. The van der Waals surface area contributed by atoms with Gasteiger partial charge in [-0.2, -0.15) is 0 Å². The summed E-state index contributed by atoms with van der Waals surface area (Å²) in [6.45, 7) is 1.97. The molecule has 4 N–H and O–H groups in total. The molecule has 14 heavy (non-hydrogen) atoms. The van der Waals surface area contributed by atoms with Crippen LogP contribution in [0.25, 0.3) is 10.8 Å². The highest BCUT2D eigenvalue weighted by atomic mass is 14.7. The van der Waals surface area contributed by atoms with Crippen molar-refractivity contribution in [1.82, 2.24) is 0 Å². The quantitative estimate of drug-likeness (QED) is 0.671. The maximum Gasteiger partial charge on any atom is 0.0589 e. The Kier molecular flexibility index (Phi) is 2.04. The number of benzene rings is 2. The van der Waals surface area contributed by atoms with Crippen molar-refractivity contribution >= 4 is 22.1 Å². The Morgan fingerprint density at radius 3 is 2.57 bits per heavy atom. The minimum atomic E-state index is 0.650. The van der Waals surface area contributed by atoms with Crippen LogP contribution in [0.15, 0.2) is 30.3 Å². The van der Waals surface area contributed by atoms with E-state index in [9.17, 15) is 0 Å². The van der Waals surface area contributed by atoms with Crippen LogP contribution in [0.2, 0.25) is 0 Å². The molecule has 2 aromatic rings. The molecule has 0 spiro atoms. The summed E-state index contributed by atoms with van der Waals surface area (Å²) in [6, 6.07) is 10.0. The second-order valence-electron chi connectivity index (χ2n) is 3.30. The number of nitrogens with two attached hydrogens (primary N) is 2. The van der Waals surface area contributed by atoms with Crippen molar-refractivity contribution < 1.29 is 0 Å². The van der Waals surface area contributed by atoms with Gasteiger partial charge in [0.05, 0.1) is 11.4 Å². The van der Waals surface area contributed by atoms with Crippen LogP contribution >= 0.6 is 0 Å². The lowest BCUT2D eigenvalue weighted by molar-refractivity contribution is 1.46. The molecule has 0 heterocycles. The van der Waals surface area contributed by atoms with Gasteiger partial charge in [0.25, 0.3) is 0 Å². The molecular formula is C12H13N2. The minimum Gasteiger partial charge on any atom is -0.397 e. The Morgan fingerprint density at radius 1 is 1.14 bits per heavy atom. The van der Waals surface area contributed by atoms with Crippen molar-refractivity contribution in [3.8, 4) is 0 Å². The van der Waals surface area contributed by atoms with Crippen LogP contribution < -0.4 is 11.5 Å². The Labute approximate surface area is 83.5 Å². The van der Waals surface area contributed by atoms with E-state index in [1.54, 1.807) is 0 Å². The van der Waals surface area contributed by atoms with Gasteiger partial charge < -0.3 is 11.5 Å². The van der Waals surface area contributed by atoms with Crippen molar-refractivity contribution in [3.63, 3.8) is 0 Å². The fourth-order valence-electron chi connectivity index (χ4n) is 1.73. The van der Waals surface area contributed by atoms with Crippen LogP contribution in [0.1, 0.15) is 12.5 Å². The summed E-state index contributed by atoms with van der Waals surface area (Å²) in [5.74, 6) is 0. The summed E-state index contributed by atoms with van der Waals surface area (Å²) in [4.78, 5) is 0. The largest absolute Gasteiger partial charge is 0.397 e. The van der Waals surface area contributed by atoms with Gasteiger partial charge >= 0.3 is 0 Å². The van der Waals surface area contributed by atoms with Crippen LogP contribution in [0, 0.1) is 6.42 Å². The van der Waals surface area contributed by atoms with E-state index in [1.807, 2.05) is 37.6 Å². The van der Waals surface area contributed by atoms with Crippen molar-refractivity contribution in [1.29, 1.82) is 0 Å². The normalized spacial score (nSPS) is 10.6. The smallest absolute Gasteiger partial charge is 0.0589 e. The van der Waals surface area contributed by atoms with E-state index in [0.29, 0.717) is 11.4 Å². The summed E-state index contributed by atoms with van der Waals surface area (Å²) in [7, 11) is 0.